The van der Waals surface area contributed by atoms with Gasteiger partial charge in [-0.2, -0.15) is 0 Å². The summed E-state index contributed by atoms with van der Waals surface area (Å²) in [4.78, 5) is 15.9. The molecule has 3 atom stereocenters. The highest BCUT2D eigenvalue weighted by Crippen LogP contribution is 2.51. The number of hydrogen-bond donors (Lipinski definition) is 0. The molecule has 7 heteroatoms. The first kappa shape index (κ1) is 25.1. The predicted molar refractivity (Wildman–Crippen MR) is 132 cm³/mol. The van der Waals surface area contributed by atoms with E-state index >= 15 is 0 Å². The molecular weight excluding hydrogens is 465 g/mol. The number of nitrogens with zero attached hydrogens (tertiary/aromatic N) is 1. The Morgan fingerprint density at radius 2 is 1.66 bits per heavy atom. The zero-order valence-corrected chi connectivity index (χ0v) is 21.3. The molecule has 1 heterocycles. The molecule has 2 aromatic rings. The van der Waals surface area contributed by atoms with Gasteiger partial charge < -0.3 is 4.90 Å². The summed E-state index contributed by atoms with van der Waals surface area (Å²) < 4.78 is 24.7. The van der Waals surface area contributed by atoms with Gasteiger partial charge in [-0.1, -0.05) is 61.3 Å². The average molecular weight is 497 g/mol. The number of benzene rings is 2. The van der Waals surface area contributed by atoms with E-state index in [1.165, 1.54) is 6.26 Å². The van der Waals surface area contributed by atoms with Crippen molar-refractivity contribution in [1.82, 2.24) is 4.90 Å². The molecule has 3 rings (SSSR count). The molecule has 0 unspecified atom stereocenters. The lowest BCUT2D eigenvalue weighted by Gasteiger charge is -2.52. The van der Waals surface area contributed by atoms with Crippen LogP contribution in [-0.4, -0.2) is 37.3 Å². The molecule has 1 aliphatic heterocycles. The lowest BCUT2D eigenvalue weighted by Crippen LogP contribution is -2.57. The number of rotatable bonds is 7. The monoisotopic (exact) mass is 495 g/mol. The van der Waals surface area contributed by atoms with Crippen LogP contribution in [0.4, 0.5) is 0 Å². The zero-order valence-electron chi connectivity index (χ0n) is 19.0. The van der Waals surface area contributed by atoms with E-state index in [1.54, 1.807) is 6.92 Å². The molecule has 0 bridgehead atoms. The van der Waals surface area contributed by atoms with Crippen molar-refractivity contribution in [2.75, 3.05) is 12.0 Å². The molecule has 1 amide bonds. The Labute approximate surface area is 201 Å². The largest absolute Gasteiger partial charge is 0.332 e. The van der Waals surface area contributed by atoms with Gasteiger partial charge in [0, 0.05) is 28.3 Å². The number of piperidine rings is 1. The van der Waals surface area contributed by atoms with Crippen molar-refractivity contribution in [3.8, 4) is 0 Å². The highest BCUT2D eigenvalue weighted by molar-refractivity contribution is 7.90. The molecule has 0 aliphatic carbocycles. The SMILES string of the molecule is CCC(CC)N1C(=O)[C@@](C)(CS(C)(=O)=O)C[C@H](c2cccc(Cl)c2)[C@H]1c1ccc(Cl)cc1. The van der Waals surface area contributed by atoms with E-state index in [-0.39, 0.29) is 29.7 Å². The molecule has 1 saturated heterocycles. The van der Waals surface area contributed by atoms with E-state index < -0.39 is 15.3 Å². The van der Waals surface area contributed by atoms with Crippen molar-refractivity contribution in [1.29, 1.82) is 0 Å². The Kier molecular flexibility index (Phi) is 7.63. The molecule has 0 saturated carbocycles. The highest BCUT2D eigenvalue weighted by atomic mass is 35.5. The number of likely N-dealkylation sites (tertiary alicyclic amines) is 1. The second-order valence-corrected chi connectivity index (χ2v) is 12.2. The number of sulfone groups is 1. The smallest absolute Gasteiger partial charge is 0.230 e. The first-order chi connectivity index (χ1) is 15.0. The van der Waals surface area contributed by atoms with Gasteiger partial charge in [-0.15, -0.1) is 0 Å². The van der Waals surface area contributed by atoms with E-state index in [4.69, 9.17) is 23.2 Å². The molecule has 4 nitrogen and oxygen atoms in total. The Balaban J connectivity index is 2.24. The van der Waals surface area contributed by atoms with Gasteiger partial charge in [0.2, 0.25) is 5.91 Å². The van der Waals surface area contributed by atoms with Crippen molar-refractivity contribution in [3.63, 3.8) is 0 Å². The average Bonchev–Trinajstić information content (AvgIpc) is 2.71. The summed E-state index contributed by atoms with van der Waals surface area (Å²) in [5, 5.41) is 1.25. The fraction of sp³-hybridized carbons (Fsp3) is 0.480. The van der Waals surface area contributed by atoms with Crippen LogP contribution in [0.1, 0.15) is 63.1 Å². The number of carbonyl (C=O) groups is 1. The molecule has 0 radical (unpaired) electrons. The summed E-state index contributed by atoms with van der Waals surface area (Å²) in [6, 6.07) is 15.0. The Morgan fingerprint density at radius 1 is 1.03 bits per heavy atom. The van der Waals surface area contributed by atoms with Crippen molar-refractivity contribution in [3.05, 3.63) is 69.7 Å². The quantitative estimate of drug-likeness (QED) is 0.453. The van der Waals surface area contributed by atoms with E-state index in [2.05, 4.69) is 13.8 Å². The van der Waals surface area contributed by atoms with Gasteiger partial charge in [0.25, 0.3) is 0 Å². The maximum absolute atomic E-state index is 14.0. The minimum absolute atomic E-state index is 0.0101. The lowest BCUT2D eigenvalue weighted by molar-refractivity contribution is -0.153. The number of amides is 1. The molecule has 174 valence electrons. The fourth-order valence-corrected chi connectivity index (χ4v) is 6.90. The molecule has 32 heavy (non-hydrogen) atoms. The van der Waals surface area contributed by atoms with Gasteiger partial charge in [0.1, 0.15) is 9.84 Å². The summed E-state index contributed by atoms with van der Waals surface area (Å²) in [5.74, 6) is -0.394. The van der Waals surface area contributed by atoms with E-state index in [1.807, 2.05) is 53.4 Å². The van der Waals surface area contributed by atoms with Crippen LogP contribution in [0.2, 0.25) is 10.0 Å². The molecule has 0 spiro atoms. The lowest BCUT2D eigenvalue weighted by atomic mass is 9.69. The Hall–Kier alpha value is -1.56. The fourth-order valence-electron chi connectivity index (χ4n) is 5.18. The zero-order chi connectivity index (χ0) is 23.7. The number of halogens is 2. The molecule has 2 aromatic carbocycles. The van der Waals surface area contributed by atoms with Crippen LogP contribution >= 0.6 is 23.2 Å². The van der Waals surface area contributed by atoms with Gasteiger partial charge in [-0.05, 0) is 61.6 Å². The summed E-state index contributed by atoms with van der Waals surface area (Å²) in [6.45, 7) is 5.93. The van der Waals surface area contributed by atoms with Crippen LogP contribution < -0.4 is 0 Å². The van der Waals surface area contributed by atoms with Gasteiger partial charge >= 0.3 is 0 Å². The van der Waals surface area contributed by atoms with Crippen LogP contribution in [-0.2, 0) is 14.6 Å². The maximum Gasteiger partial charge on any atom is 0.230 e. The van der Waals surface area contributed by atoms with Crippen molar-refractivity contribution in [2.45, 2.75) is 58.0 Å². The number of carbonyl (C=O) groups excluding carboxylic acids is 1. The Morgan fingerprint density at radius 3 is 2.19 bits per heavy atom. The van der Waals surface area contributed by atoms with Gasteiger partial charge in [-0.3, -0.25) is 4.79 Å². The second kappa shape index (κ2) is 9.74. The van der Waals surface area contributed by atoms with Crippen LogP contribution in [0, 0.1) is 5.41 Å². The third-order valence-electron chi connectivity index (χ3n) is 6.51. The van der Waals surface area contributed by atoms with Crippen molar-refractivity contribution < 1.29 is 13.2 Å². The minimum Gasteiger partial charge on any atom is -0.332 e. The molecule has 1 aliphatic rings. The highest BCUT2D eigenvalue weighted by Gasteiger charge is 2.52. The third kappa shape index (κ3) is 5.32. The Bertz CT molecular complexity index is 1070. The van der Waals surface area contributed by atoms with Crippen LogP contribution in [0.25, 0.3) is 0 Å². The van der Waals surface area contributed by atoms with E-state index in [0.717, 1.165) is 24.0 Å². The first-order valence-corrected chi connectivity index (χ1v) is 13.8. The summed E-state index contributed by atoms with van der Waals surface area (Å²) in [5.41, 5.74) is 0.966. The predicted octanol–water partition coefficient (Wildman–Crippen LogP) is 6.29. The van der Waals surface area contributed by atoms with Crippen molar-refractivity contribution >= 4 is 38.9 Å². The minimum atomic E-state index is -3.37. The molecule has 0 N–H and O–H groups in total. The summed E-state index contributed by atoms with van der Waals surface area (Å²) in [7, 11) is -3.37. The van der Waals surface area contributed by atoms with Crippen LogP contribution in [0.5, 0.6) is 0 Å². The first-order valence-electron chi connectivity index (χ1n) is 11.0. The molecule has 1 fully saturated rings. The van der Waals surface area contributed by atoms with Gasteiger partial charge in [0.15, 0.2) is 0 Å². The number of hydrogen-bond acceptors (Lipinski definition) is 3. The summed E-state index contributed by atoms with van der Waals surface area (Å²) >= 11 is 12.5. The standard InChI is InChI=1S/C25H31Cl2NO3S/c1-5-21(6-2)28-23(17-10-12-19(26)13-11-17)22(18-8-7-9-20(27)14-18)15-25(3,24(28)29)16-32(4,30)31/h7-14,21-23H,5-6,15-16H2,1-4H3/t22-,23-,25-/m1/s1. The topological polar surface area (TPSA) is 54.5 Å². The van der Waals surface area contributed by atoms with Crippen LogP contribution in [0.3, 0.4) is 0 Å². The van der Waals surface area contributed by atoms with Gasteiger partial charge in [0.05, 0.1) is 17.2 Å². The van der Waals surface area contributed by atoms with Crippen LogP contribution in [0.15, 0.2) is 48.5 Å². The van der Waals surface area contributed by atoms with E-state index in [0.29, 0.717) is 16.5 Å². The van der Waals surface area contributed by atoms with E-state index in [9.17, 15) is 13.2 Å². The third-order valence-corrected chi connectivity index (χ3v) is 8.16. The summed E-state index contributed by atoms with van der Waals surface area (Å²) in [6.07, 6.45) is 3.18. The van der Waals surface area contributed by atoms with Crippen molar-refractivity contribution in [2.24, 2.45) is 5.41 Å². The molecular formula is C25H31Cl2NO3S. The second-order valence-electron chi connectivity index (χ2n) is 9.18. The van der Waals surface area contributed by atoms with Gasteiger partial charge in [-0.25, -0.2) is 8.42 Å². The normalized spacial score (nSPS) is 24.2. The molecule has 0 aromatic heterocycles. The maximum atomic E-state index is 14.0.